The van der Waals surface area contributed by atoms with Gasteiger partial charge in [0.25, 0.3) is 0 Å². The number of amides is 1. The fraction of sp³-hybridized carbons (Fsp3) is 0.529. The van der Waals surface area contributed by atoms with Crippen LogP contribution in [0.5, 0.6) is 11.5 Å². The van der Waals surface area contributed by atoms with E-state index in [2.05, 4.69) is 5.32 Å². The summed E-state index contributed by atoms with van der Waals surface area (Å²) in [5.41, 5.74) is 0.998. The van der Waals surface area contributed by atoms with Crippen LogP contribution in [0.3, 0.4) is 0 Å². The van der Waals surface area contributed by atoms with Gasteiger partial charge in [-0.25, -0.2) is 0 Å². The van der Waals surface area contributed by atoms with E-state index in [1.54, 1.807) is 0 Å². The minimum absolute atomic E-state index is 0.0756. The van der Waals surface area contributed by atoms with E-state index in [0.29, 0.717) is 31.3 Å². The predicted octanol–water partition coefficient (Wildman–Crippen LogP) is 1.75. The van der Waals surface area contributed by atoms with Crippen LogP contribution in [0.25, 0.3) is 0 Å². The monoisotopic (exact) mass is 317 g/mol. The number of carbonyl (C=O) groups is 2. The van der Waals surface area contributed by atoms with Crippen LogP contribution >= 0.6 is 0 Å². The molecule has 3 aliphatic rings. The average Bonchev–Trinajstić information content (AvgIpc) is 3.44. The third kappa shape index (κ3) is 2.85. The minimum atomic E-state index is -0.882. The average molecular weight is 317 g/mol. The molecule has 0 saturated heterocycles. The van der Waals surface area contributed by atoms with Gasteiger partial charge in [0.15, 0.2) is 11.5 Å². The highest BCUT2D eigenvalue weighted by Gasteiger charge is 2.49. The molecule has 1 aliphatic heterocycles. The van der Waals surface area contributed by atoms with Gasteiger partial charge in [0.2, 0.25) is 5.91 Å². The Kier molecular flexibility index (Phi) is 3.39. The quantitative estimate of drug-likeness (QED) is 0.864. The number of ether oxygens (including phenoxy) is 2. The maximum atomic E-state index is 12.3. The number of rotatable bonds is 5. The second-order valence-electron chi connectivity index (χ2n) is 6.51. The lowest BCUT2D eigenvalue weighted by Gasteiger charge is -2.23. The highest BCUT2D eigenvalue weighted by molar-refractivity contribution is 5.89. The van der Waals surface area contributed by atoms with Crippen molar-refractivity contribution in [1.82, 2.24) is 5.32 Å². The predicted molar refractivity (Wildman–Crippen MR) is 80.3 cm³/mol. The largest absolute Gasteiger partial charge is 0.486 e. The molecule has 3 unspecified atom stereocenters. The van der Waals surface area contributed by atoms with Gasteiger partial charge in [-0.3, -0.25) is 9.59 Å². The molecule has 0 spiro atoms. The standard InChI is InChI=1S/C17H19NO5/c19-16(11-8-12(11)17(20)21)18-15(9-1-2-9)10-3-4-13-14(7-10)23-6-5-22-13/h3-4,7,9,11-12,15H,1-2,5-6,8H2,(H,18,19)(H,20,21). The number of hydrogen-bond donors (Lipinski definition) is 2. The fourth-order valence-electron chi connectivity index (χ4n) is 3.17. The Labute approximate surface area is 133 Å². The summed E-state index contributed by atoms with van der Waals surface area (Å²) in [4.78, 5) is 23.2. The van der Waals surface area contributed by atoms with Gasteiger partial charge in [-0.2, -0.15) is 0 Å². The highest BCUT2D eigenvalue weighted by Crippen LogP contribution is 2.45. The van der Waals surface area contributed by atoms with Crippen LogP contribution in [-0.2, 0) is 9.59 Å². The summed E-state index contributed by atoms with van der Waals surface area (Å²) in [6.45, 7) is 1.08. The fourth-order valence-corrected chi connectivity index (χ4v) is 3.17. The number of nitrogens with one attached hydrogen (secondary N) is 1. The number of aliphatic carboxylic acids is 1. The summed E-state index contributed by atoms with van der Waals surface area (Å²) in [5.74, 6) is -0.0706. The molecule has 1 aromatic carbocycles. The van der Waals surface area contributed by atoms with E-state index in [1.165, 1.54) is 0 Å². The van der Waals surface area contributed by atoms with Crippen molar-refractivity contribution in [3.8, 4) is 11.5 Å². The minimum Gasteiger partial charge on any atom is -0.486 e. The third-order valence-corrected chi connectivity index (χ3v) is 4.76. The molecule has 2 fully saturated rings. The van der Waals surface area contributed by atoms with E-state index in [-0.39, 0.29) is 17.9 Å². The van der Waals surface area contributed by atoms with E-state index in [1.807, 2.05) is 18.2 Å². The highest BCUT2D eigenvalue weighted by atomic mass is 16.6. The molecule has 0 bridgehead atoms. The first-order valence-electron chi connectivity index (χ1n) is 8.06. The van der Waals surface area contributed by atoms with Crippen LogP contribution in [0.4, 0.5) is 0 Å². The third-order valence-electron chi connectivity index (χ3n) is 4.76. The molecule has 0 radical (unpaired) electrons. The molecule has 2 N–H and O–H groups in total. The lowest BCUT2D eigenvalue weighted by atomic mass is 10.0. The number of carboxylic acids is 1. The number of carboxylic acid groups (broad SMARTS) is 1. The molecule has 1 amide bonds. The van der Waals surface area contributed by atoms with Crippen molar-refractivity contribution in [2.45, 2.75) is 25.3 Å². The Bertz CT molecular complexity index is 654. The first-order chi connectivity index (χ1) is 11.1. The zero-order valence-corrected chi connectivity index (χ0v) is 12.7. The summed E-state index contributed by atoms with van der Waals surface area (Å²) in [5, 5.41) is 12.0. The lowest BCUT2D eigenvalue weighted by molar-refractivity contribution is -0.140. The molecule has 122 valence electrons. The van der Waals surface area contributed by atoms with Crippen molar-refractivity contribution in [2.24, 2.45) is 17.8 Å². The summed E-state index contributed by atoms with van der Waals surface area (Å²) in [6.07, 6.45) is 2.60. The number of fused-ring (bicyclic) bond motifs is 1. The molecule has 2 saturated carbocycles. The van der Waals surface area contributed by atoms with Crippen molar-refractivity contribution < 1.29 is 24.2 Å². The van der Waals surface area contributed by atoms with Gasteiger partial charge >= 0.3 is 5.97 Å². The first kappa shape index (κ1) is 14.4. The molecule has 4 rings (SSSR count). The van der Waals surface area contributed by atoms with Crippen LogP contribution < -0.4 is 14.8 Å². The number of carbonyl (C=O) groups excluding carboxylic acids is 1. The molecule has 0 aromatic heterocycles. The van der Waals surface area contributed by atoms with Crippen LogP contribution in [0.2, 0.25) is 0 Å². The molecule has 2 aliphatic carbocycles. The van der Waals surface area contributed by atoms with E-state index >= 15 is 0 Å². The summed E-state index contributed by atoms with van der Waals surface area (Å²) < 4.78 is 11.1. The molecule has 1 heterocycles. The maximum Gasteiger partial charge on any atom is 0.307 e. The lowest BCUT2D eigenvalue weighted by Crippen LogP contribution is -2.32. The summed E-state index contributed by atoms with van der Waals surface area (Å²) in [6, 6.07) is 5.69. The first-order valence-corrected chi connectivity index (χ1v) is 8.06. The Morgan fingerprint density at radius 2 is 1.87 bits per heavy atom. The van der Waals surface area contributed by atoms with Gasteiger partial charge < -0.3 is 19.9 Å². The number of hydrogen-bond acceptors (Lipinski definition) is 4. The van der Waals surface area contributed by atoms with Gasteiger partial charge in [0, 0.05) is 0 Å². The Hall–Kier alpha value is -2.24. The van der Waals surface area contributed by atoms with Gasteiger partial charge in [0.1, 0.15) is 13.2 Å². The SMILES string of the molecule is O=C(O)C1CC1C(=O)NC(c1ccc2c(c1)OCCO2)C1CC1. The van der Waals surface area contributed by atoms with Crippen molar-refractivity contribution in [3.05, 3.63) is 23.8 Å². The van der Waals surface area contributed by atoms with Gasteiger partial charge in [-0.15, -0.1) is 0 Å². The van der Waals surface area contributed by atoms with Gasteiger partial charge in [0.05, 0.1) is 17.9 Å². The zero-order valence-electron chi connectivity index (χ0n) is 12.7. The Morgan fingerprint density at radius 3 is 2.52 bits per heavy atom. The number of benzene rings is 1. The molecule has 23 heavy (non-hydrogen) atoms. The van der Waals surface area contributed by atoms with Gasteiger partial charge in [-0.1, -0.05) is 6.07 Å². The molecule has 6 nitrogen and oxygen atoms in total. The van der Waals surface area contributed by atoms with Crippen LogP contribution in [0.1, 0.15) is 30.9 Å². The second-order valence-corrected chi connectivity index (χ2v) is 6.51. The van der Waals surface area contributed by atoms with Gasteiger partial charge in [-0.05, 0) is 42.9 Å². The smallest absolute Gasteiger partial charge is 0.307 e. The molecular formula is C17H19NO5. The topological polar surface area (TPSA) is 84.9 Å². The van der Waals surface area contributed by atoms with E-state index in [9.17, 15) is 9.59 Å². The molecule has 6 heteroatoms. The van der Waals surface area contributed by atoms with E-state index in [4.69, 9.17) is 14.6 Å². The summed E-state index contributed by atoms with van der Waals surface area (Å²) >= 11 is 0. The van der Waals surface area contributed by atoms with Crippen LogP contribution in [0.15, 0.2) is 18.2 Å². The zero-order chi connectivity index (χ0) is 16.0. The van der Waals surface area contributed by atoms with E-state index in [0.717, 1.165) is 24.2 Å². The Morgan fingerprint density at radius 1 is 1.13 bits per heavy atom. The van der Waals surface area contributed by atoms with E-state index < -0.39 is 11.9 Å². The summed E-state index contributed by atoms with van der Waals surface area (Å²) in [7, 11) is 0. The van der Waals surface area contributed by atoms with Crippen LogP contribution in [0, 0.1) is 17.8 Å². The normalized spacial score (nSPS) is 26.3. The molecule has 3 atom stereocenters. The molecular weight excluding hydrogens is 298 g/mol. The van der Waals surface area contributed by atoms with Crippen molar-refractivity contribution in [1.29, 1.82) is 0 Å². The van der Waals surface area contributed by atoms with Crippen LogP contribution in [-0.4, -0.2) is 30.2 Å². The maximum absolute atomic E-state index is 12.3. The van der Waals surface area contributed by atoms with Crippen molar-refractivity contribution in [2.75, 3.05) is 13.2 Å². The second kappa shape index (κ2) is 5.44. The van der Waals surface area contributed by atoms with Crippen molar-refractivity contribution in [3.63, 3.8) is 0 Å². The molecule has 1 aromatic rings. The Balaban J connectivity index is 1.50. The van der Waals surface area contributed by atoms with Crippen molar-refractivity contribution >= 4 is 11.9 Å².